The molecule has 0 saturated heterocycles. The van der Waals surface area contributed by atoms with Gasteiger partial charge >= 0.3 is 0 Å². The first kappa shape index (κ1) is 29.2. The first-order valence-corrected chi connectivity index (χ1v) is 14.0. The van der Waals surface area contributed by atoms with E-state index in [0.29, 0.717) is 0 Å². The Bertz CT molecular complexity index is 572. The van der Waals surface area contributed by atoms with Gasteiger partial charge in [-0.05, 0) is 57.6 Å². The Morgan fingerprint density at radius 2 is 1.28 bits per heavy atom. The number of anilines is 1. The van der Waals surface area contributed by atoms with Crippen LogP contribution in [0.25, 0.3) is 0 Å². The molecule has 1 radical (unpaired) electrons. The molecule has 4 heteroatoms. The van der Waals surface area contributed by atoms with Crippen molar-refractivity contribution < 1.29 is 37.5 Å². The molecule has 0 heterocycles. The average molecular weight is 496 g/mol. The molecule has 0 aliphatic carbocycles. The predicted octanol–water partition coefficient (Wildman–Crippen LogP) is 7.74. The van der Waals surface area contributed by atoms with Gasteiger partial charge in [-0.15, -0.1) is 0 Å². The molecule has 1 atom stereocenters. The molecule has 0 aliphatic heterocycles. The third kappa shape index (κ3) is 8.70. The summed E-state index contributed by atoms with van der Waals surface area (Å²) in [4.78, 5) is 13.6. The molecule has 0 aliphatic rings. The SMILES string of the molecule is CCCC[P+](CCCC)(CCCC)C(CC)C(=O)Nc1c(C)cc(C)cc1C.[Y]. The van der Waals surface area contributed by atoms with Crippen LogP contribution < -0.4 is 5.32 Å². The van der Waals surface area contributed by atoms with Gasteiger partial charge in [0.2, 0.25) is 0 Å². The summed E-state index contributed by atoms with van der Waals surface area (Å²) in [6.45, 7) is 15.4. The van der Waals surface area contributed by atoms with Crippen molar-refractivity contribution in [2.75, 3.05) is 23.8 Å². The molecule has 0 saturated carbocycles. The second-order valence-corrected chi connectivity index (χ2v) is 13.0. The minimum Gasteiger partial charge on any atom is -0.322 e. The Kier molecular flexibility index (Phi) is 15.2. The van der Waals surface area contributed by atoms with E-state index in [0.717, 1.165) is 12.1 Å². The number of unbranched alkanes of at least 4 members (excludes halogenated alkanes) is 3. The van der Waals surface area contributed by atoms with Crippen LogP contribution in [-0.4, -0.2) is 30.1 Å². The molecule has 0 fully saturated rings. The summed E-state index contributed by atoms with van der Waals surface area (Å²) < 4.78 is 0. The molecule has 1 unspecified atom stereocenters. The molecule has 163 valence electrons. The Hall–Kier alpha value is 0.224. The van der Waals surface area contributed by atoms with E-state index in [4.69, 9.17) is 0 Å². The molecule has 29 heavy (non-hydrogen) atoms. The zero-order valence-electron chi connectivity index (χ0n) is 20.2. The standard InChI is InChI=1S/C25H44NOP.Y/c1-8-12-15-28(16-13-9-2,17-14-10-3)23(11-4)25(27)26-24-21(6)18-20(5)19-22(24)7;/h18-19,23H,8-17H2,1-7H3;/p+1. The normalized spacial score (nSPS) is 12.4. The van der Waals surface area contributed by atoms with Gasteiger partial charge in [0.05, 0.1) is 18.5 Å². The summed E-state index contributed by atoms with van der Waals surface area (Å²) in [5, 5.41) is 3.38. The Labute approximate surface area is 207 Å². The largest absolute Gasteiger partial charge is 0.322 e. The van der Waals surface area contributed by atoms with Crippen LogP contribution in [0.15, 0.2) is 12.1 Å². The number of benzene rings is 1. The van der Waals surface area contributed by atoms with E-state index in [2.05, 4.69) is 65.9 Å². The zero-order chi connectivity index (χ0) is 21.2. The van der Waals surface area contributed by atoms with Crippen LogP contribution in [0.3, 0.4) is 0 Å². The fraction of sp³-hybridized carbons (Fsp3) is 0.720. The first-order chi connectivity index (χ1) is 13.3. The second kappa shape index (κ2) is 15.1. The fourth-order valence-electron chi connectivity index (χ4n) is 4.63. The maximum absolute atomic E-state index is 13.6. The summed E-state index contributed by atoms with van der Waals surface area (Å²) >= 11 is 0. The third-order valence-corrected chi connectivity index (χ3v) is 11.7. The quantitative estimate of drug-likeness (QED) is 0.279. The van der Waals surface area contributed by atoms with E-state index in [1.807, 2.05) is 0 Å². The van der Waals surface area contributed by atoms with Crippen LogP contribution in [0.1, 0.15) is 89.3 Å². The van der Waals surface area contributed by atoms with Crippen molar-refractivity contribution in [3.63, 3.8) is 0 Å². The monoisotopic (exact) mass is 495 g/mol. The smallest absolute Gasteiger partial charge is 0.265 e. The molecule has 1 aromatic carbocycles. The molecule has 1 amide bonds. The number of nitrogens with one attached hydrogen (secondary N) is 1. The van der Waals surface area contributed by atoms with E-state index >= 15 is 0 Å². The van der Waals surface area contributed by atoms with Crippen LogP contribution in [0.5, 0.6) is 0 Å². The summed E-state index contributed by atoms with van der Waals surface area (Å²) in [6.07, 6.45) is 12.4. The molecule has 1 N–H and O–H groups in total. The number of hydrogen-bond acceptors (Lipinski definition) is 1. The van der Waals surface area contributed by atoms with Gasteiger partial charge < -0.3 is 5.32 Å². The van der Waals surface area contributed by atoms with Crippen LogP contribution in [-0.2, 0) is 37.5 Å². The van der Waals surface area contributed by atoms with Gasteiger partial charge in [-0.1, -0.05) is 64.7 Å². The van der Waals surface area contributed by atoms with E-state index in [-0.39, 0.29) is 44.3 Å². The van der Waals surface area contributed by atoms with Gasteiger partial charge in [-0.2, -0.15) is 0 Å². The number of carbonyl (C=O) groups is 1. The van der Waals surface area contributed by atoms with Crippen molar-refractivity contribution in [1.29, 1.82) is 0 Å². The molecule has 1 rings (SSSR count). The van der Waals surface area contributed by atoms with Crippen molar-refractivity contribution in [3.05, 3.63) is 28.8 Å². The topological polar surface area (TPSA) is 29.1 Å². The van der Waals surface area contributed by atoms with Crippen LogP contribution in [0.4, 0.5) is 5.69 Å². The molecule has 0 aromatic heterocycles. The molecular formula is C25H45NOPY+. The minimum absolute atomic E-state index is 0. The van der Waals surface area contributed by atoms with E-state index in [1.54, 1.807) is 0 Å². The van der Waals surface area contributed by atoms with Crippen LogP contribution in [0.2, 0.25) is 0 Å². The van der Waals surface area contributed by atoms with Crippen LogP contribution >= 0.6 is 7.26 Å². The Morgan fingerprint density at radius 1 is 0.862 bits per heavy atom. The van der Waals surface area contributed by atoms with Gasteiger partial charge in [-0.3, -0.25) is 4.79 Å². The molecule has 0 bridgehead atoms. The van der Waals surface area contributed by atoms with Crippen molar-refractivity contribution in [2.45, 2.75) is 99.1 Å². The summed E-state index contributed by atoms with van der Waals surface area (Å²) in [5.74, 6) is 0.286. The Balaban J connectivity index is 0.00000784. The van der Waals surface area contributed by atoms with E-state index in [9.17, 15) is 4.79 Å². The maximum atomic E-state index is 13.6. The van der Waals surface area contributed by atoms with Gasteiger partial charge in [-0.25, -0.2) is 0 Å². The fourth-order valence-corrected chi connectivity index (χ4v) is 10.4. The number of hydrogen-bond donors (Lipinski definition) is 1. The number of rotatable bonds is 13. The molecule has 1 aromatic rings. The average Bonchev–Trinajstić information content (AvgIpc) is 2.65. The summed E-state index contributed by atoms with van der Waals surface area (Å²) in [5.41, 5.74) is 4.86. The molecular weight excluding hydrogens is 450 g/mol. The predicted molar refractivity (Wildman–Crippen MR) is 130 cm³/mol. The summed E-state index contributed by atoms with van der Waals surface area (Å²) in [7, 11) is -1.30. The first-order valence-electron chi connectivity index (χ1n) is 11.6. The third-order valence-electron chi connectivity index (χ3n) is 6.15. The number of carbonyl (C=O) groups excluding carboxylic acids is 1. The van der Waals surface area contributed by atoms with Gasteiger partial charge in [0, 0.05) is 45.7 Å². The van der Waals surface area contributed by atoms with Crippen molar-refractivity contribution in [3.8, 4) is 0 Å². The minimum atomic E-state index is -1.30. The van der Waals surface area contributed by atoms with Crippen molar-refractivity contribution in [1.82, 2.24) is 0 Å². The van der Waals surface area contributed by atoms with Crippen molar-refractivity contribution >= 4 is 18.9 Å². The molecule has 0 spiro atoms. The zero-order valence-corrected chi connectivity index (χ0v) is 24.0. The summed E-state index contributed by atoms with van der Waals surface area (Å²) in [6, 6.07) is 4.36. The van der Waals surface area contributed by atoms with E-state index < -0.39 is 7.26 Å². The Morgan fingerprint density at radius 3 is 1.62 bits per heavy atom. The molecule has 2 nitrogen and oxygen atoms in total. The number of aryl methyl sites for hydroxylation is 3. The van der Waals surface area contributed by atoms with Crippen LogP contribution in [0, 0.1) is 20.8 Å². The van der Waals surface area contributed by atoms with Gasteiger partial charge in [0.15, 0.2) is 0 Å². The van der Waals surface area contributed by atoms with Gasteiger partial charge in [0.25, 0.3) is 5.91 Å². The second-order valence-electron chi connectivity index (χ2n) is 8.64. The van der Waals surface area contributed by atoms with Gasteiger partial charge in [0.1, 0.15) is 5.66 Å². The number of amides is 1. The van der Waals surface area contributed by atoms with Crippen molar-refractivity contribution in [2.24, 2.45) is 0 Å². The maximum Gasteiger partial charge on any atom is 0.265 e. The van der Waals surface area contributed by atoms with E-state index in [1.165, 1.54) is 73.7 Å².